The number of nitrogens with zero attached hydrogens (tertiary/aromatic N) is 2. The fraction of sp³-hybridized carbons (Fsp3) is 0.679. The lowest BCUT2D eigenvalue weighted by molar-refractivity contribution is -0.139. The SMILES string of the molecule is CC.C[C@H]1C[C@@H](N(CCCN2CCCC2)C(=O)Nc2ccc(F)c(C(F)(F)F)c2)C[C@]1(C)/C(=C/N)SCCN. The Hall–Kier alpha value is -1.98. The summed E-state index contributed by atoms with van der Waals surface area (Å²) in [6.07, 6.45) is 1.30. The lowest BCUT2D eigenvalue weighted by Gasteiger charge is -2.33. The zero-order chi connectivity index (χ0) is 29.2. The quantitative estimate of drug-likeness (QED) is 0.278. The highest BCUT2D eigenvalue weighted by molar-refractivity contribution is 8.03. The maximum atomic E-state index is 13.8. The molecular weight excluding hydrogens is 530 g/mol. The molecule has 5 N–H and O–H groups in total. The van der Waals surface area contributed by atoms with Gasteiger partial charge in [0.2, 0.25) is 0 Å². The predicted molar refractivity (Wildman–Crippen MR) is 153 cm³/mol. The van der Waals surface area contributed by atoms with Crippen LogP contribution in [-0.4, -0.2) is 60.3 Å². The van der Waals surface area contributed by atoms with Crippen molar-refractivity contribution in [1.29, 1.82) is 0 Å². The molecule has 3 rings (SSSR count). The first-order valence-electron chi connectivity index (χ1n) is 13.9. The molecule has 0 aromatic heterocycles. The number of halogens is 4. The summed E-state index contributed by atoms with van der Waals surface area (Å²) >= 11 is 1.63. The second kappa shape index (κ2) is 15.1. The van der Waals surface area contributed by atoms with Crippen molar-refractivity contribution in [2.24, 2.45) is 22.8 Å². The van der Waals surface area contributed by atoms with Crippen molar-refractivity contribution < 1.29 is 22.4 Å². The van der Waals surface area contributed by atoms with Gasteiger partial charge in [0.15, 0.2) is 0 Å². The van der Waals surface area contributed by atoms with Gasteiger partial charge in [-0.05, 0) is 75.9 Å². The summed E-state index contributed by atoms with van der Waals surface area (Å²) in [5.41, 5.74) is 9.96. The number of nitrogens with two attached hydrogens (primary N) is 2. The number of carbonyl (C=O) groups excluding carboxylic acids is 1. The van der Waals surface area contributed by atoms with Gasteiger partial charge in [-0.2, -0.15) is 13.2 Å². The number of likely N-dealkylation sites (tertiary alicyclic amines) is 1. The molecule has 1 heterocycles. The second-order valence-corrected chi connectivity index (χ2v) is 11.4. The van der Waals surface area contributed by atoms with Crippen LogP contribution >= 0.6 is 11.8 Å². The molecule has 1 aromatic rings. The van der Waals surface area contributed by atoms with Crippen molar-refractivity contribution in [3.05, 3.63) is 40.7 Å². The van der Waals surface area contributed by atoms with Crippen LogP contribution in [0.3, 0.4) is 0 Å². The Morgan fingerprint density at radius 1 is 1.28 bits per heavy atom. The number of carbonyl (C=O) groups is 1. The molecule has 3 atom stereocenters. The third kappa shape index (κ3) is 8.75. The van der Waals surface area contributed by atoms with Crippen molar-refractivity contribution >= 4 is 23.5 Å². The van der Waals surface area contributed by atoms with Crippen molar-refractivity contribution in [2.75, 3.05) is 43.8 Å². The standard InChI is InChI=1S/C26H39F4N5OS.C2H6/c1-18-14-20(16-25(18,2)23(17-32)37-13-8-31)35(12-5-11-34-9-3-4-10-34)24(36)33-19-6-7-22(27)21(15-19)26(28,29)30;1-2/h6-7,15,17-18,20H,3-5,8-14,16,31-32H2,1-2H3,(H,33,36);1-2H3/b23-17-;/t18-,20+,25-;/m0./s1. The minimum atomic E-state index is -4.85. The van der Waals surface area contributed by atoms with Crippen molar-refractivity contribution in [3.8, 4) is 0 Å². The lowest BCUT2D eigenvalue weighted by Crippen LogP contribution is -2.43. The highest BCUT2D eigenvalue weighted by Gasteiger charge is 2.46. The van der Waals surface area contributed by atoms with Crippen LogP contribution in [-0.2, 0) is 6.18 Å². The summed E-state index contributed by atoms with van der Waals surface area (Å²) in [7, 11) is 0. The van der Waals surface area contributed by atoms with Gasteiger partial charge in [0, 0.05) is 47.1 Å². The van der Waals surface area contributed by atoms with Gasteiger partial charge in [0.05, 0.1) is 5.56 Å². The Labute approximate surface area is 234 Å². The lowest BCUT2D eigenvalue weighted by atomic mass is 9.80. The Morgan fingerprint density at radius 3 is 2.54 bits per heavy atom. The summed E-state index contributed by atoms with van der Waals surface area (Å²) in [6.45, 7) is 12.2. The van der Waals surface area contributed by atoms with Crippen LogP contribution in [0.4, 0.5) is 28.0 Å². The van der Waals surface area contributed by atoms with E-state index in [1.54, 1.807) is 22.9 Å². The van der Waals surface area contributed by atoms with Gasteiger partial charge >= 0.3 is 12.2 Å². The number of urea groups is 1. The van der Waals surface area contributed by atoms with E-state index in [0.29, 0.717) is 25.6 Å². The van der Waals surface area contributed by atoms with Crippen LogP contribution in [0, 0.1) is 17.2 Å². The molecule has 1 aromatic carbocycles. The minimum Gasteiger partial charge on any atom is -0.404 e. The Morgan fingerprint density at radius 2 is 1.95 bits per heavy atom. The van der Waals surface area contributed by atoms with E-state index >= 15 is 0 Å². The van der Waals surface area contributed by atoms with E-state index in [1.165, 1.54) is 12.8 Å². The largest absolute Gasteiger partial charge is 0.419 e. The number of hydrogen-bond acceptors (Lipinski definition) is 5. The van der Waals surface area contributed by atoms with Gasteiger partial charge in [0.25, 0.3) is 0 Å². The summed E-state index contributed by atoms with van der Waals surface area (Å²) in [6, 6.07) is 1.95. The molecule has 1 saturated heterocycles. The van der Waals surface area contributed by atoms with Gasteiger partial charge in [-0.25, -0.2) is 9.18 Å². The third-order valence-electron chi connectivity index (χ3n) is 7.76. The molecule has 0 radical (unpaired) electrons. The minimum absolute atomic E-state index is 0.0851. The van der Waals surface area contributed by atoms with E-state index in [1.807, 2.05) is 13.8 Å². The van der Waals surface area contributed by atoms with E-state index in [9.17, 15) is 22.4 Å². The number of anilines is 1. The smallest absolute Gasteiger partial charge is 0.404 e. The Balaban J connectivity index is 0.00000260. The normalized spacial score (nSPS) is 23.9. The summed E-state index contributed by atoms with van der Waals surface area (Å²) < 4.78 is 53.4. The number of benzene rings is 1. The number of alkyl halides is 3. The first-order valence-corrected chi connectivity index (χ1v) is 14.9. The van der Waals surface area contributed by atoms with Gasteiger partial charge in [-0.3, -0.25) is 0 Å². The van der Waals surface area contributed by atoms with Crippen molar-refractivity contribution in [1.82, 2.24) is 9.80 Å². The fourth-order valence-electron chi connectivity index (χ4n) is 5.53. The van der Waals surface area contributed by atoms with E-state index in [-0.39, 0.29) is 23.1 Å². The molecule has 1 aliphatic carbocycles. The molecule has 0 unspecified atom stereocenters. The molecule has 6 nitrogen and oxygen atoms in total. The van der Waals surface area contributed by atoms with Crippen LogP contribution in [0.25, 0.3) is 0 Å². The maximum absolute atomic E-state index is 13.8. The van der Waals surface area contributed by atoms with Gasteiger partial charge < -0.3 is 26.6 Å². The molecule has 1 saturated carbocycles. The molecule has 2 fully saturated rings. The Kier molecular flexibility index (Phi) is 12.9. The predicted octanol–water partition coefficient (Wildman–Crippen LogP) is 6.49. The maximum Gasteiger partial charge on any atom is 0.419 e. The monoisotopic (exact) mass is 575 g/mol. The molecule has 1 aliphatic heterocycles. The van der Waals surface area contributed by atoms with Crippen molar-refractivity contribution in [3.63, 3.8) is 0 Å². The molecule has 2 aliphatic rings. The number of hydrogen-bond donors (Lipinski definition) is 3. The number of nitrogens with one attached hydrogen (secondary N) is 1. The summed E-state index contributed by atoms with van der Waals surface area (Å²) in [5.74, 6) is -0.402. The molecule has 0 bridgehead atoms. The Bertz CT molecular complexity index is 954. The van der Waals surface area contributed by atoms with Crippen LogP contribution in [0.5, 0.6) is 0 Å². The molecule has 0 spiro atoms. The van der Waals surface area contributed by atoms with Gasteiger partial charge in [-0.1, -0.05) is 27.7 Å². The molecule has 11 heteroatoms. The first-order chi connectivity index (χ1) is 18.5. The summed E-state index contributed by atoms with van der Waals surface area (Å²) in [4.78, 5) is 18.6. The number of rotatable bonds is 10. The molecule has 2 amide bonds. The molecule has 222 valence electrons. The van der Waals surface area contributed by atoms with E-state index < -0.39 is 23.6 Å². The third-order valence-corrected chi connectivity index (χ3v) is 9.11. The number of amides is 2. The number of thioether (sulfide) groups is 1. The number of allylic oxidation sites excluding steroid dienone is 1. The molecule has 39 heavy (non-hydrogen) atoms. The topological polar surface area (TPSA) is 87.6 Å². The van der Waals surface area contributed by atoms with E-state index in [0.717, 1.165) is 55.3 Å². The van der Waals surface area contributed by atoms with Gasteiger partial charge in [0.1, 0.15) is 5.82 Å². The van der Waals surface area contributed by atoms with Crippen LogP contribution in [0.15, 0.2) is 29.3 Å². The first kappa shape index (κ1) is 33.2. The average molecular weight is 576 g/mol. The average Bonchev–Trinajstić information content (AvgIpc) is 3.52. The zero-order valence-corrected chi connectivity index (χ0v) is 24.4. The van der Waals surface area contributed by atoms with Crippen LogP contribution in [0.1, 0.15) is 65.4 Å². The molecular formula is C28H45F4N5OS. The summed E-state index contributed by atoms with van der Waals surface area (Å²) in [5, 5.41) is 2.60. The van der Waals surface area contributed by atoms with Crippen molar-refractivity contribution in [2.45, 2.75) is 72.0 Å². The van der Waals surface area contributed by atoms with E-state index in [2.05, 4.69) is 24.1 Å². The van der Waals surface area contributed by atoms with Crippen LogP contribution in [0.2, 0.25) is 0 Å². The van der Waals surface area contributed by atoms with E-state index in [4.69, 9.17) is 11.5 Å². The van der Waals surface area contributed by atoms with Crippen LogP contribution < -0.4 is 16.8 Å². The van der Waals surface area contributed by atoms with Gasteiger partial charge in [-0.15, -0.1) is 11.8 Å². The highest BCUT2D eigenvalue weighted by atomic mass is 32.2. The highest BCUT2D eigenvalue weighted by Crippen LogP contribution is 2.52. The fourth-order valence-corrected chi connectivity index (χ4v) is 6.58. The zero-order valence-electron chi connectivity index (χ0n) is 23.6. The second-order valence-electron chi connectivity index (χ2n) is 10.3.